The van der Waals surface area contributed by atoms with Crippen molar-refractivity contribution in [2.24, 2.45) is 0 Å². The van der Waals surface area contributed by atoms with Crippen molar-refractivity contribution in [2.75, 3.05) is 31.1 Å². The van der Waals surface area contributed by atoms with Gasteiger partial charge in [-0.05, 0) is 50.6 Å². The van der Waals surface area contributed by atoms with Gasteiger partial charge in [0.1, 0.15) is 16.9 Å². The fourth-order valence-electron chi connectivity index (χ4n) is 3.62. The Morgan fingerprint density at radius 2 is 1.75 bits per heavy atom. The Morgan fingerprint density at radius 1 is 1.03 bits per heavy atom. The molecule has 1 aliphatic heterocycles. The van der Waals surface area contributed by atoms with E-state index in [4.69, 9.17) is 4.74 Å². The van der Waals surface area contributed by atoms with Crippen LogP contribution in [-0.2, 0) is 11.3 Å². The van der Waals surface area contributed by atoms with Crippen LogP contribution in [0.15, 0.2) is 54.9 Å². The van der Waals surface area contributed by atoms with Gasteiger partial charge in [-0.1, -0.05) is 18.2 Å². The maximum atomic E-state index is 12.4. The van der Waals surface area contributed by atoms with Crippen molar-refractivity contribution in [3.8, 4) is 0 Å². The lowest BCUT2D eigenvalue weighted by molar-refractivity contribution is 0.0240. The predicted molar refractivity (Wildman–Crippen MR) is 123 cm³/mol. The summed E-state index contributed by atoms with van der Waals surface area (Å²) in [5.74, 6) is -0.198. The molecule has 0 spiro atoms. The van der Waals surface area contributed by atoms with E-state index in [1.165, 1.54) is 0 Å². The van der Waals surface area contributed by atoms with Gasteiger partial charge in [-0.25, -0.2) is 9.78 Å². The van der Waals surface area contributed by atoms with Gasteiger partial charge in [0.05, 0.1) is 0 Å². The number of amides is 2. The topological polar surface area (TPSA) is 79.2 Å². The highest BCUT2D eigenvalue weighted by Crippen LogP contribution is 2.19. The monoisotopic (exact) mass is 435 g/mol. The third-order valence-corrected chi connectivity index (χ3v) is 5.28. The summed E-state index contributed by atoms with van der Waals surface area (Å²) in [4.78, 5) is 33.0. The summed E-state index contributed by atoms with van der Waals surface area (Å²) in [7, 11) is 0. The molecular formula is C24H29N5O3. The number of hydrogen-bond acceptors (Lipinski definition) is 5. The number of fused-ring (bicyclic) bond motifs is 1. The minimum atomic E-state index is -0.481. The molecule has 0 bridgehead atoms. The molecule has 1 N–H and O–H groups in total. The fourth-order valence-corrected chi connectivity index (χ4v) is 3.62. The Hall–Kier alpha value is -3.55. The molecule has 8 heteroatoms. The Kier molecular flexibility index (Phi) is 6.03. The first kappa shape index (κ1) is 21.7. The summed E-state index contributed by atoms with van der Waals surface area (Å²) < 4.78 is 7.28. The summed E-state index contributed by atoms with van der Waals surface area (Å²) in [6.45, 7) is 8.83. The molecule has 2 amide bonds. The van der Waals surface area contributed by atoms with Crippen LogP contribution in [0.5, 0.6) is 0 Å². The van der Waals surface area contributed by atoms with Crippen LogP contribution >= 0.6 is 0 Å². The van der Waals surface area contributed by atoms with Gasteiger partial charge >= 0.3 is 6.09 Å². The molecule has 4 rings (SSSR count). The molecule has 0 atom stereocenters. The number of nitrogens with one attached hydrogen (secondary N) is 1. The van der Waals surface area contributed by atoms with E-state index in [0.29, 0.717) is 25.3 Å². The molecule has 0 radical (unpaired) electrons. The van der Waals surface area contributed by atoms with Gasteiger partial charge in [0.2, 0.25) is 0 Å². The SMILES string of the molecule is CC(C)(C)OC(=O)N1CCN(c2ccc(CNC(=O)c3cn4ccccc4n3)cc2)CC1. The molecule has 0 aliphatic carbocycles. The number of pyridine rings is 1. The number of aromatic nitrogens is 2. The second-order valence-electron chi connectivity index (χ2n) is 8.90. The molecule has 1 aliphatic rings. The molecule has 3 aromatic rings. The van der Waals surface area contributed by atoms with E-state index in [-0.39, 0.29) is 12.0 Å². The highest BCUT2D eigenvalue weighted by atomic mass is 16.6. The lowest BCUT2D eigenvalue weighted by Crippen LogP contribution is -2.50. The number of carbonyl (C=O) groups is 2. The van der Waals surface area contributed by atoms with E-state index in [2.05, 4.69) is 27.3 Å². The average molecular weight is 436 g/mol. The zero-order valence-electron chi connectivity index (χ0n) is 18.7. The van der Waals surface area contributed by atoms with Crippen LogP contribution in [0.25, 0.3) is 5.65 Å². The normalized spacial score (nSPS) is 14.5. The molecule has 1 saturated heterocycles. The van der Waals surface area contributed by atoms with E-state index >= 15 is 0 Å². The molecule has 1 fully saturated rings. The van der Waals surface area contributed by atoms with Crippen LogP contribution < -0.4 is 10.2 Å². The van der Waals surface area contributed by atoms with Gasteiger partial charge in [0, 0.05) is 50.8 Å². The first-order chi connectivity index (χ1) is 15.3. The lowest BCUT2D eigenvalue weighted by Gasteiger charge is -2.36. The van der Waals surface area contributed by atoms with Gasteiger partial charge in [0.15, 0.2) is 0 Å². The van der Waals surface area contributed by atoms with Gasteiger partial charge in [-0.2, -0.15) is 0 Å². The third-order valence-electron chi connectivity index (χ3n) is 5.28. The number of ether oxygens (including phenoxy) is 1. The smallest absolute Gasteiger partial charge is 0.410 e. The van der Waals surface area contributed by atoms with E-state index in [1.807, 2.05) is 61.7 Å². The van der Waals surface area contributed by atoms with E-state index < -0.39 is 5.60 Å². The molecule has 0 saturated carbocycles. The highest BCUT2D eigenvalue weighted by Gasteiger charge is 2.25. The minimum absolute atomic E-state index is 0.198. The van der Waals surface area contributed by atoms with Gasteiger partial charge in [-0.3, -0.25) is 4.79 Å². The van der Waals surface area contributed by atoms with Crippen LogP contribution in [0.2, 0.25) is 0 Å². The number of piperazine rings is 1. The Balaban J connectivity index is 1.28. The second-order valence-corrected chi connectivity index (χ2v) is 8.90. The molecule has 2 aromatic heterocycles. The maximum Gasteiger partial charge on any atom is 0.410 e. The molecule has 1 aromatic carbocycles. The number of carbonyl (C=O) groups excluding carboxylic acids is 2. The van der Waals surface area contributed by atoms with Crippen molar-refractivity contribution in [3.63, 3.8) is 0 Å². The number of hydrogen-bond donors (Lipinski definition) is 1. The second kappa shape index (κ2) is 8.90. The molecule has 168 valence electrons. The summed E-state index contributed by atoms with van der Waals surface area (Å²) in [6, 6.07) is 13.8. The number of benzene rings is 1. The van der Waals surface area contributed by atoms with Crippen molar-refractivity contribution in [2.45, 2.75) is 32.9 Å². The average Bonchev–Trinajstić information content (AvgIpc) is 3.21. The van der Waals surface area contributed by atoms with Crippen LogP contribution in [0.4, 0.5) is 10.5 Å². The van der Waals surface area contributed by atoms with E-state index in [9.17, 15) is 9.59 Å². The zero-order chi connectivity index (χ0) is 22.7. The summed E-state index contributed by atoms with van der Waals surface area (Å²) in [5.41, 5.74) is 2.77. The number of rotatable bonds is 4. The van der Waals surface area contributed by atoms with Crippen molar-refractivity contribution >= 4 is 23.3 Å². The molecule has 8 nitrogen and oxygen atoms in total. The highest BCUT2D eigenvalue weighted by molar-refractivity contribution is 5.92. The first-order valence-electron chi connectivity index (χ1n) is 10.8. The lowest BCUT2D eigenvalue weighted by atomic mass is 10.1. The predicted octanol–water partition coefficient (Wildman–Crippen LogP) is 3.32. The summed E-state index contributed by atoms with van der Waals surface area (Å²) in [5, 5.41) is 2.93. The number of anilines is 1. The Bertz CT molecular complexity index is 1060. The number of nitrogens with zero attached hydrogens (tertiary/aromatic N) is 4. The summed E-state index contributed by atoms with van der Waals surface area (Å²) >= 11 is 0. The van der Waals surface area contributed by atoms with Crippen molar-refractivity contribution in [1.82, 2.24) is 19.6 Å². The van der Waals surface area contributed by atoms with Gasteiger partial charge in [0.25, 0.3) is 5.91 Å². The third kappa shape index (κ3) is 5.19. The summed E-state index contributed by atoms with van der Waals surface area (Å²) in [6.07, 6.45) is 3.34. The first-order valence-corrected chi connectivity index (χ1v) is 10.8. The largest absolute Gasteiger partial charge is 0.444 e. The van der Waals surface area contributed by atoms with Crippen LogP contribution in [0.1, 0.15) is 36.8 Å². The molecular weight excluding hydrogens is 406 g/mol. The van der Waals surface area contributed by atoms with E-state index in [1.54, 1.807) is 11.1 Å². The molecule has 0 unspecified atom stereocenters. The Morgan fingerprint density at radius 3 is 2.41 bits per heavy atom. The zero-order valence-corrected chi connectivity index (χ0v) is 18.7. The molecule has 32 heavy (non-hydrogen) atoms. The Labute approximate surface area is 187 Å². The maximum absolute atomic E-state index is 12.4. The van der Waals surface area contributed by atoms with E-state index in [0.717, 1.165) is 30.0 Å². The minimum Gasteiger partial charge on any atom is -0.444 e. The van der Waals surface area contributed by atoms with Crippen molar-refractivity contribution < 1.29 is 14.3 Å². The molecule has 3 heterocycles. The van der Waals surface area contributed by atoms with Crippen LogP contribution in [-0.4, -0.2) is 58.1 Å². The quantitative estimate of drug-likeness (QED) is 0.680. The van der Waals surface area contributed by atoms with Gasteiger partial charge in [-0.15, -0.1) is 0 Å². The fraction of sp³-hybridized carbons (Fsp3) is 0.375. The van der Waals surface area contributed by atoms with Crippen LogP contribution in [0.3, 0.4) is 0 Å². The van der Waals surface area contributed by atoms with Crippen LogP contribution in [0, 0.1) is 0 Å². The van der Waals surface area contributed by atoms with Crippen molar-refractivity contribution in [1.29, 1.82) is 0 Å². The van der Waals surface area contributed by atoms with Gasteiger partial charge < -0.3 is 24.3 Å². The standard InChI is InChI=1S/C24H29N5O3/c1-24(2,3)32-23(31)28-14-12-27(13-15-28)19-9-7-18(8-10-19)16-25-22(30)20-17-29-11-5-4-6-21(29)26-20/h4-11,17H,12-16H2,1-3H3,(H,25,30). The number of imidazole rings is 1. The van der Waals surface area contributed by atoms with Crippen molar-refractivity contribution in [3.05, 3.63) is 66.1 Å².